The highest BCUT2D eigenvalue weighted by atomic mass is 19.4. The molecule has 0 aliphatic heterocycles. The van der Waals surface area contributed by atoms with Gasteiger partial charge < -0.3 is 5.32 Å². The zero-order chi connectivity index (χ0) is 21.5. The molecule has 0 fully saturated rings. The van der Waals surface area contributed by atoms with Crippen molar-refractivity contribution in [2.24, 2.45) is 5.92 Å². The Hall–Kier alpha value is -2.63. The number of nitrogens with zero attached hydrogens (tertiary/aromatic N) is 2. The lowest BCUT2D eigenvalue weighted by Gasteiger charge is -2.40. The average Bonchev–Trinajstić information content (AvgIpc) is 2.72. The van der Waals surface area contributed by atoms with Crippen molar-refractivity contribution in [3.8, 4) is 0 Å². The number of aromatic nitrogens is 2. The summed E-state index contributed by atoms with van der Waals surface area (Å²) >= 11 is 0. The molecule has 6 heteroatoms. The van der Waals surface area contributed by atoms with Gasteiger partial charge in [-0.1, -0.05) is 38.1 Å². The van der Waals surface area contributed by atoms with Crippen molar-refractivity contribution in [1.82, 2.24) is 9.97 Å². The van der Waals surface area contributed by atoms with Crippen LogP contribution in [-0.4, -0.2) is 16.1 Å². The third-order valence-corrected chi connectivity index (χ3v) is 6.25. The smallest absolute Gasteiger partial charge is 0.377 e. The second-order valence-electron chi connectivity index (χ2n) is 8.08. The topological polar surface area (TPSA) is 37.8 Å². The molecule has 2 aromatic carbocycles. The number of nitrogens with one attached hydrogen (secondary N) is 1. The Morgan fingerprint density at radius 1 is 1.10 bits per heavy atom. The maximum absolute atomic E-state index is 14.1. The number of fused-ring (bicyclic) bond motifs is 2. The molecule has 0 radical (unpaired) electrons. The lowest BCUT2D eigenvalue weighted by Crippen LogP contribution is -2.38. The summed E-state index contributed by atoms with van der Waals surface area (Å²) in [5.41, 5.74) is 4.30. The van der Waals surface area contributed by atoms with E-state index >= 15 is 0 Å². The molecular weight excluding hydrogens is 387 g/mol. The van der Waals surface area contributed by atoms with Gasteiger partial charge in [0.2, 0.25) is 0 Å². The highest BCUT2D eigenvalue weighted by molar-refractivity contribution is 5.90. The molecule has 1 heterocycles. The third kappa shape index (κ3) is 3.75. The third-order valence-electron chi connectivity index (χ3n) is 6.25. The highest BCUT2D eigenvalue weighted by Gasteiger charge is 2.49. The zero-order valence-corrected chi connectivity index (χ0v) is 17.4. The first kappa shape index (κ1) is 20.6. The molecule has 1 aliphatic carbocycles. The first-order valence-corrected chi connectivity index (χ1v) is 10.5. The van der Waals surface area contributed by atoms with E-state index in [4.69, 9.17) is 0 Å². The average molecular weight is 413 g/mol. The van der Waals surface area contributed by atoms with E-state index in [1.54, 1.807) is 19.2 Å². The predicted molar refractivity (Wildman–Crippen MR) is 114 cm³/mol. The van der Waals surface area contributed by atoms with Crippen LogP contribution in [0.3, 0.4) is 0 Å². The lowest BCUT2D eigenvalue weighted by molar-refractivity contribution is -0.184. The van der Waals surface area contributed by atoms with Gasteiger partial charge in [0.1, 0.15) is 5.82 Å². The second-order valence-corrected chi connectivity index (χ2v) is 8.08. The van der Waals surface area contributed by atoms with Crippen molar-refractivity contribution >= 4 is 16.6 Å². The molecule has 3 atom stereocenters. The molecule has 1 aliphatic rings. The van der Waals surface area contributed by atoms with Crippen LogP contribution in [-0.2, 0) is 6.42 Å². The van der Waals surface area contributed by atoms with Gasteiger partial charge in [-0.15, -0.1) is 0 Å². The fourth-order valence-corrected chi connectivity index (χ4v) is 4.60. The van der Waals surface area contributed by atoms with E-state index in [-0.39, 0.29) is 12.3 Å². The standard InChI is InChI=1S/C24H26F3N3/c1-4-15-9-10-17-18(11-15)16(5-2)12-20(24(25,26)27)23(17)30-22-8-6-7-21-19(22)13-28-14(3)29-21/h6-11,13,16,20,23,30H,4-5,12H2,1-3H3/t16-,20+,23+/m1/s1. The van der Waals surface area contributed by atoms with Crippen LogP contribution in [0.25, 0.3) is 10.9 Å². The molecule has 0 saturated carbocycles. The van der Waals surface area contributed by atoms with E-state index in [1.165, 1.54) is 0 Å². The van der Waals surface area contributed by atoms with Crippen molar-refractivity contribution in [3.63, 3.8) is 0 Å². The van der Waals surface area contributed by atoms with Crippen molar-refractivity contribution in [1.29, 1.82) is 0 Å². The highest BCUT2D eigenvalue weighted by Crippen LogP contribution is 2.50. The minimum Gasteiger partial charge on any atom is -0.377 e. The van der Waals surface area contributed by atoms with Crippen molar-refractivity contribution in [2.45, 2.75) is 58.2 Å². The molecule has 3 nitrogen and oxygen atoms in total. The summed E-state index contributed by atoms with van der Waals surface area (Å²) in [6.45, 7) is 5.84. The summed E-state index contributed by atoms with van der Waals surface area (Å²) in [7, 11) is 0. The molecular formula is C24H26F3N3. The van der Waals surface area contributed by atoms with Gasteiger partial charge in [0.25, 0.3) is 0 Å². The minimum absolute atomic E-state index is 0.0883. The Balaban J connectivity index is 1.84. The van der Waals surface area contributed by atoms with Gasteiger partial charge >= 0.3 is 6.18 Å². The van der Waals surface area contributed by atoms with Crippen molar-refractivity contribution in [3.05, 3.63) is 65.1 Å². The SMILES string of the molecule is CCc1ccc2c(c1)[C@H](CC)C[C@H](C(F)(F)F)[C@H]2Nc1cccc2nc(C)ncc12. The summed E-state index contributed by atoms with van der Waals surface area (Å²) in [6, 6.07) is 10.6. The van der Waals surface area contributed by atoms with Crippen molar-refractivity contribution in [2.75, 3.05) is 5.32 Å². The van der Waals surface area contributed by atoms with Gasteiger partial charge in [0, 0.05) is 17.3 Å². The van der Waals surface area contributed by atoms with Crippen LogP contribution < -0.4 is 5.32 Å². The van der Waals surface area contributed by atoms with E-state index in [9.17, 15) is 13.2 Å². The predicted octanol–water partition coefficient (Wildman–Crippen LogP) is 6.73. The zero-order valence-electron chi connectivity index (χ0n) is 17.4. The van der Waals surface area contributed by atoms with Crippen LogP contribution in [0.15, 0.2) is 42.6 Å². The van der Waals surface area contributed by atoms with Crippen LogP contribution in [0.2, 0.25) is 0 Å². The van der Waals surface area contributed by atoms with E-state index < -0.39 is 18.1 Å². The summed E-state index contributed by atoms with van der Waals surface area (Å²) in [5.74, 6) is -0.910. The molecule has 1 aromatic heterocycles. The number of hydrogen-bond donors (Lipinski definition) is 1. The maximum atomic E-state index is 14.1. The van der Waals surface area contributed by atoms with Gasteiger partial charge in [-0.25, -0.2) is 9.97 Å². The van der Waals surface area contributed by atoms with Crippen molar-refractivity contribution < 1.29 is 13.2 Å². The van der Waals surface area contributed by atoms with E-state index in [2.05, 4.69) is 28.3 Å². The summed E-state index contributed by atoms with van der Waals surface area (Å²) in [6.07, 6.45) is -0.950. The van der Waals surface area contributed by atoms with Gasteiger partial charge in [-0.05, 0) is 60.9 Å². The fraction of sp³-hybridized carbons (Fsp3) is 0.417. The Morgan fingerprint density at radius 2 is 1.90 bits per heavy atom. The van der Waals surface area contributed by atoms with Crippen LogP contribution >= 0.6 is 0 Å². The number of benzene rings is 2. The molecule has 0 spiro atoms. The number of hydrogen-bond acceptors (Lipinski definition) is 3. The van der Waals surface area contributed by atoms with Crippen LogP contribution in [0.4, 0.5) is 18.9 Å². The second kappa shape index (κ2) is 7.89. The maximum Gasteiger partial charge on any atom is 0.394 e. The van der Waals surface area contributed by atoms with Gasteiger partial charge in [0.05, 0.1) is 17.5 Å². The molecule has 0 saturated heterocycles. The molecule has 4 rings (SSSR count). The van der Waals surface area contributed by atoms with Gasteiger partial charge in [0.15, 0.2) is 0 Å². The number of aryl methyl sites for hydroxylation is 2. The monoisotopic (exact) mass is 413 g/mol. The lowest BCUT2D eigenvalue weighted by atomic mass is 9.71. The molecule has 0 unspecified atom stereocenters. The van der Waals surface area contributed by atoms with E-state index in [1.807, 2.05) is 31.2 Å². The molecule has 0 bridgehead atoms. The Kier molecular flexibility index (Phi) is 5.43. The fourth-order valence-electron chi connectivity index (χ4n) is 4.60. The minimum atomic E-state index is -4.29. The van der Waals surface area contributed by atoms with E-state index in [0.717, 1.165) is 34.0 Å². The first-order valence-electron chi connectivity index (χ1n) is 10.5. The molecule has 158 valence electrons. The molecule has 1 N–H and O–H groups in total. The molecule has 30 heavy (non-hydrogen) atoms. The summed E-state index contributed by atoms with van der Waals surface area (Å²) in [4.78, 5) is 8.66. The number of alkyl halides is 3. The van der Waals surface area contributed by atoms with Crippen LogP contribution in [0, 0.1) is 12.8 Å². The Morgan fingerprint density at radius 3 is 2.60 bits per heavy atom. The number of anilines is 1. The summed E-state index contributed by atoms with van der Waals surface area (Å²) in [5, 5.41) is 3.97. The number of rotatable bonds is 4. The Labute approximate surface area is 174 Å². The van der Waals surface area contributed by atoms with Crippen LogP contribution in [0.5, 0.6) is 0 Å². The first-order chi connectivity index (χ1) is 14.3. The van der Waals surface area contributed by atoms with E-state index in [0.29, 0.717) is 17.9 Å². The molecule has 3 aromatic rings. The van der Waals surface area contributed by atoms with Crippen LogP contribution in [0.1, 0.15) is 61.2 Å². The molecule has 0 amide bonds. The van der Waals surface area contributed by atoms with Gasteiger partial charge in [-0.3, -0.25) is 0 Å². The normalized spacial score (nSPS) is 21.5. The quantitative estimate of drug-likeness (QED) is 0.515. The largest absolute Gasteiger partial charge is 0.394 e. The number of halogens is 3. The van der Waals surface area contributed by atoms with Gasteiger partial charge in [-0.2, -0.15) is 13.2 Å². The summed E-state index contributed by atoms with van der Waals surface area (Å²) < 4.78 is 42.4. The Bertz CT molecular complexity index is 1060.